The van der Waals surface area contributed by atoms with E-state index in [2.05, 4.69) is 15.0 Å². The molecule has 0 fully saturated rings. The van der Waals surface area contributed by atoms with Crippen molar-refractivity contribution in [1.29, 1.82) is 0 Å². The van der Waals surface area contributed by atoms with Crippen LogP contribution in [0.2, 0.25) is 0 Å². The summed E-state index contributed by atoms with van der Waals surface area (Å²) in [5.41, 5.74) is 1.37. The van der Waals surface area contributed by atoms with Gasteiger partial charge in [0.25, 0.3) is 0 Å². The maximum atomic E-state index is 11.0. The van der Waals surface area contributed by atoms with Gasteiger partial charge in [-0.3, -0.25) is 0 Å². The number of nitrogens with one attached hydrogen (secondary N) is 1. The SMILES string of the molecule is CNCc1ccc(C(=O)OC)nc1. The quantitative estimate of drug-likeness (QED) is 0.691. The molecular weight excluding hydrogens is 168 g/mol. The summed E-state index contributed by atoms with van der Waals surface area (Å²) in [6, 6.07) is 3.49. The molecule has 1 aromatic heterocycles. The van der Waals surface area contributed by atoms with Crippen molar-refractivity contribution in [1.82, 2.24) is 10.3 Å². The average Bonchev–Trinajstić information content (AvgIpc) is 2.18. The van der Waals surface area contributed by atoms with Crippen LogP contribution < -0.4 is 5.32 Å². The Hall–Kier alpha value is -1.42. The van der Waals surface area contributed by atoms with Crippen molar-refractivity contribution < 1.29 is 9.53 Å². The van der Waals surface area contributed by atoms with Crippen LogP contribution in [0.4, 0.5) is 0 Å². The molecule has 4 nitrogen and oxygen atoms in total. The number of rotatable bonds is 3. The molecule has 1 rings (SSSR count). The molecule has 0 spiro atoms. The van der Waals surface area contributed by atoms with E-state index in [1.165, 1.54) is 7.11 Å². The van der Waals surface area contributed by atoms with Crippen LogP contribution >= 0.6 is 0 Å². The molecule has 0 radical (unpaired) electrons. The number of pyridine rings is 1. The minimum Gasteiger partial charge on any atom is -0.464 e. The van der Waals surface area contributed by atoms with Crippen LogP contribution in [0.1, 0.15) is 16.1 Å². The third-order valence-electron chi connectivity index (χ3n) is 1.60. The first kappa shape index (κ1) is 9.67. The maximum absolute atomic E-state index is 11.0. The van der Waals surface area contributed by atoms with E-state index in [-0.39, 0.29) is 0 Å². The molecular formula is C9H12N2O2. The smallest absolute Gasteiger partial charge is 0.356 e. The summed E-state index contributed by atoms with van der Waals surface area (Å²) >= 11 is 0. The molecule has 0 aliphatic rings. The number of hydrogen-bond donors (Lipinski definition) is 1. The van der Waals surface area contributed by atoms with Crippen molar-refractivity contribution in [3.05, 3.63) is 29.6 Å². The van der Waals surface area contributed by atoms with E-state index in [9.17, 15) is 4.79 Å². The lowest BCUT2D eigenvalue weighted by Gasteiger charge is -2.00. The largest absolute Gasteiger partial charge is 0.464 e. The fourth-order valence-corrected chi connectivity index (χ4v) is 0.959. The van der Waals surface area contributed by atoms with Gasteiger partial charge in [0.2, 0.25) is 0 Å². The molecule has 0 bridgehead atoms. The van der Waals surface area contributed by atoms with Crippen molar-refractivity contribution in [2.24, 2.45) is 0 Å². The van der Waals surface area contributed by atoms with Crippen LogP contribution in [0, 0.1) is 0 Å². The fourth-order valence-electron chi connectivity index (χ4n) is 0.959. The zero-order valence-corrected chi connectivity index (χ0v) is 7.70. The lowest BCUT2D eigenvalue weighted by atomic mass is 10.2. The molecule has 1 N–H and O–H groups in total. The number of hydrogen-bond acceptors (Lipinski definition) is 4. The third-order valence-corrected chi connectivity index (χ3v) is 1.60. The number of carbonyl (C=O) groups is 1. The number of aromatic nitrogens is 1. The summed E-state index contributed by atoms with van der Waals surface area (Å²) < 4.78 is 4.52. The molecule has 0 saturated heterocycles. The second kappa shape index (κ2) is 4.57. The van der Waals surface area contributed by atoms with Gasteiger partial charge in [-0.25, -0.2) is 9.78 Å². The standard InChI is InChI=1S/C9H12N2O2/c1-10-5-7-3-4-8(11-6-7)9(12)13-2/h3-4,6,10H,5H2,1-2H3. The second-order valence-corrected chi connectivity index (χ2v) is 2.57. The molecule has 4 heteroatoms. The van der Waals surface area contributed by atoms with Crippen molar-refractivity contribution in [3.8, 4) is 0 Å². The van der Waals surface area contributed by atoms with Crippen LogP contribution in [0.5, 0.6) is 0 Å². The van der Waals surface area contributed by atoms with Crippen LogP contribution in [-0.4, -0.2) is 25.1 Å². The van der Waals surface area contributed by atoms with Gasteiger partial charge in [0.1, 0.15) is 5.69 Å². The van der Waals surface area contributed by atoms with Gasteiger partial charge in [0.05, 0.1) is 7.11 Å². The van der Waals surface area contributed by atoms with Crippen LogP contribution in [-0.2, 0) is 11.3 Å². The maximum Gasteiger partial charge on any atom is 0.356 e. The topological polar surface area (TPSA) is 51.2 Å². The van der Waals surface area contributed by atoms with Gasteiger partial charge in [0, 0.05) is 12.7 Å². The van der Waals surface area contributed by atoms with E-state index in [1.807, 2.05) is 13.1 Å². The minimum absolute atomic E-state index is 0.336. The molecule has 0 aliphatic heterocycles. The zero-order valence-electron chi connectivity index (χ0n) is 7.70. The molecule has 0 atom stereocenters. The second-order valence-electron chi connectivity index (χ2n) is 2.57. The first-order valence-corrected chi connectivity index (χ1v) is 3.95. The molecule has 0 saturated carbocycles. The normalized spacial score (nSPS) is 9.69. The van der Waals surface area contributed by atoms with Crippen molar-refractivity contribution in [2.45, 2.75) is 6.54 Å². The predicted molar refractivity (Wildman–Crippen MR) is 48.3 cm³/mol. The van der Waals surface area contributed by atoms with Crippen molar-refractivity contribution in [2.75, 3.05) is 14.2 Å². The van der Waals surface area contributed by atoms with Gasteiger partial charge >= 0.3 is 5.97 Å². The Balaban J connectivity index is 2.75. The predicted octanol–water partition coefficient (Wildman–Crippen LogP) is 0.588. The van der Waals surface area contributed by atoms with Gasteiger partial charge in [-0.2, -0.15) is 0 Å². The van der Waals surface area contributed by atoms with E-state index in [0.717, 1.165) is 12.1 Å². The van der Waals surface area contributed by atoms with Crippen molar-refractivity contribution >= 4 is 5.97 Å². The zero-order chi connectivity index (χ0) is 9.68. The minimum atomic E-state index is -0.406. The molecule has 0 unspecified atom stereocenters. The first-order valence-electron chi connectivity index (χ1n) is 3.95. The summed E-state index contributed by atoms with van der Waals surface area (Å²) in [4.78, 5) is 14.9. The summed E-state index contributed by atoms with van der Waals surface area (Å²) in [5, 5.41) is 2.99. The van der Waals surface area contributed by atoms with E-state index < -0.39 is 5.97 Å². The Morgan fingerprint density at radius 3 is 2.85 bits per heavy atom. The Bertz CT molecular complexity index is 282. The van der Waals surface area contributed by atoms with Crippen LogP contribution in [0.25, 0.3) is 0 Å². The van der Waals surface area contributed by atoms with Gasteiger partial charge in [-0.05, 0) is 18.7 Å². The van der Waals surface area contributed by atoms with Crippen LogP contribution in [0.15, 0.2) is 18.3 Å². The van der Waals surface area contributed by atoms with E-state index in [0.29, 0.717) is 5.69 Å². The Kier molecular flexibility index (Phi) is 3.40. The number of methoxy groups -OCH3 is 1. The summed E-state index contributed by atoms with van der Waals surface area (Å²) in [7, 11) is 3.19. The van der Waals surface area contributed by atoms with Crippen molar-refractivity contribution in [3.63, 3.8) is 0 Å². The highest BCUT2D eigenvalue weighted by molar-refractivity contribution is 5.86. The highest BCUT2D eigenvalue weighted by atomic mass is 16.5. The summed E-state index contributed by atoms with van der Waals surface area (Å²) in [6.45, 7) is 0.744. The van der Waals surface area contributed by atoms with Gasteiger partial charge < -0.3 is 10.1 Å². The van der Waals surface area contributed by atoms with Gasteiger partial charge in [0.15, 0.2) is 0 Å². The van der Waals surface area contributed by atoms with E-state index in [1.54, 1.807) is 12.3 Å². The molecule has 0 amide bonds. The lowest BCUT2D eigenvalue weighted by Crippen LogP contribution is -2.08. The highest BCUT2D eigenvalue weighted by Crippen LogP contribution is 2.00. The Labute approximate surface area is 76.9 Å². The fraction of sp³-hybridized carbons (Fsp3) is 0.333. The molecule has 1 aromatic rings. The Morgan fingerprint density at radius 1 is 1.62 bits per heavy atom. The first-order chi connectivity index (χ1) is 6.27. The summed E-state index contributed by atoms with van der Waals surface area (Å²) in [5.74, 6) is -0.406. The third kappa shape index (κ3) is 2.52. The van der Waals surface area contributed by atoms with Crippen LogP contribution in [0.3, 0.4) is 0 Å². The molecule has 0 aliphatic carbocycles. The molecule has 13 heavy (non-hydrogen) atoms. The number of nitrogens with zero attached hydrogens (tertiary/aromatic N) is 1. The highest BCUT2D eigenvalue weighted by Gasteiger charge is 2.05. The molecule has 1 heterocycles. The summed E-state index contributed by atoms with van der Waals surface area (Å²) in [6.07, 6.45) is 1.66. The number of carbonyl (C=O) groups excluding carboxylic acids is 1. The number of esters is 1. The van der Waals surface area contributed by atoms with Gasteiger partial charge in [-0.1, -0.05) is 6.07 Å². The van der Waals surface area contributed by atoms with E-state index >= 15 is 0 Å². The Morgan fingerprint density at radius 2 is 2.38 bits per heavy atom. The van der Waals surface area contributed by atoms with E-state index in [4.69, 9.17) is 0 Å². The number of ether oxygens (including phenoxy) is 1. The molecule has 0 aromatic carbocycles. The van der Waals surface area contributed by atoms with Gasteiger partial charge in [-0.15, -0.1) is 0 Å². The monoisotopic (exact) mass is 180 g/mol. The molecule has 70 valence electrons. The lowest BCUT2D eigenvalue weighted by molar-refractivity contribution is 0.0594. The average molecular weight is 180 g/mol.